The molecule has 0 saturated heterocycles. The van der Waals surface area contributed by atoms with Gasteiger partial charge in [-0.2, -0.15) is 0 Å². The molecule has 3 rings (SSSR count). The van der Waals surface area contributed by atoms with E-state index in [0.717, 1.165) is 5.56 Å². The third-order valence-corrected chi connectivity index (χ3v) is 4.69. The molecule has 0 radical (unpaired) electrons. The fraction of sp³-hybridized carbons (Fsp3) is 0.333. The van der Waals surface area contributed by atoms with Gasteiger partial charge in [-0.25, -0.2) is 4.39 Å². The van der Waals surface area contributed by atoms with Gasteiger partial charge in [0.25, 0.3) is 0 Å². The summed E-state index contributed by atoms with van der Waals surface area (Å²) in [5.41, 5.74) is 3.46. The van der Waals surface area contributed by atoms with Gasteiger partial charge in [-0.15, -0.1) is 0 Å². The van der Waals surface area contributed by atoms with Gasteiger partial charge in [-0.1, -0.05) is 48.4 Å². The monoisotopic (exact) mass is 303 g/mol. The van der Waals surface area contributed by atoms with Gasteiger partial charge in [-0.05, 0) is 54.6 Å². The molecule has 110 valence electrons. The topological polar surface area (TPSA) is 12.0 Å². The zero-order chi connectivity index (χ0) is 14.8. The summed E-state index contributed by atoms with van der Waals surface area (Å²) in [7, 11) is 1.90. The maximum Gasteiger partial charge on any atom is 0.142 e. The molecule has 1 nitrogen and oxygen atoms in total. The van der Waals surface area contributed by atoms with Crippen molar-refractivity contribution in [3.63, 3.8) is 0 Å². The van der Waals surface area contributed by atoms with E-state index < -0.39 is 0 Å². The molecule has 0 bridgehead atoms. The zero-order valence-electron chi connectivity index (χ0n) is 12.1. The van der Waals surface area contributed by atoms with E-state index >= 15 is 0 Å². The van der Waals surface area contributed by atoms with Crippen LogP contribution in [-0.4, -0.2) is 7.05 Å². The highest BCUT2D eigenvalue weighted by molar-refractivity contribution is 6.30. The van der Waals surface area contributed by atoms with Crippen LogP contribution in [0, 0.1) is 5.82 Å². The predicted octanol–water partition coefficient (Wildman–Crippen LogP) is 5.06. The minimum Gasteiger partial charge on any atom is -0.309 e. The van der Waals surface area contributed by atoms with Crippen molar-refractivity contribution >= 4 is 11.6 Å². The molecule has 1 saturated carbocycles. The lowest BCUT2D eigenvalue weighted by molar-refractivity contribution is 0.419. The van der Waals surface area contributed by atoms with Crippen LogP contribution >= 0.6 is 11.6 Å². The summed E-state index contributed by atoms with van der Waals surface area (Å²) in [6.45, 7) is 0. The first-order valence-electron chi connectivity index (χ1n) is 7.41. The molecule has 0 spiro atoms. The van der Waals surface area contributed by atoms with Crippen molar-refractivity contribution in [2.45, 2.75) is 31.2 Å². The van der Waals surface area contributed by atoms with Gasteiger partial charge in [0.2, 0.25) is 0 Å². The number of halogens is 2. The summed E-state index contributed by atoms with van der Waals surface area (Å²) in [6.07, 6.45) is 3.89. The van der Waals surface area contributed by atoms with Crippen molar-refractivity contribution in [2.75, 3.05) is 7.05 Å². The van der Waals surface area contributed by atoms with Gasteiger partial charge < -0.3 is 5.32 Å². The van der Waals surface area contributed by atoms with Crippen molar-refractivity contribution in [3.8, 4) is 0 Å². The summed E-state index contributed by atoms with van der Waals surface area (Å²) in [6, 6.07) is 13.6. The lowest BCUT2D eigenvalue weighted by atomic mass is 9.79. The summed E-state index contributed by atoms with van der Waals surface area (Å²) in [5.74, 6) is 0.328. The highest BCUT2D eigenvalue weighted by atomic mass is 35.5. The molecule has 0 amide bonds. The van der Waals surface area contributed by atoms with Crippen molar-refractivity contribution in [2.24, 2.45) is 0 Å². The Hall–Kier alpha value is -1.38. The van der Waals surface area contributed by atoms with Crippen molar-refractivity contribution in [3.05, 3.63) is 70.0 Å². The minimum atomic E-state index is -0.371. The van der Waals surface area contributed by atoms with Crippen LogP contribution in [0.4, 0.5) is 4.39 Å². The normalized spacial score (nSPS) is 16.5. The molecule has 1 unspecified atom stereocenters. The molecule has 1 N–H and O–H groups in total. The van der Waals surface area contributed by atoms with Crippen LogP contribution in [0.15, 0.2) is 42.5 Å². The SMILES string of the molecule is CNC(c1cccc(C2CCC2)c1)c1ccc(Cl)c(F)c1. The molecular weight excluding hydrogens is 285 g/mol. The largest absolute Gasteiger partial charge is 0.309 e. The molecule has 0 heterocycles. The molecule has 0 aromatic heterocycles. The van der Waals surface area contributed by atoms with E-state index in [1.807, 2.05) is 13.1 Å². The summed E-state index contributed by atoms with van der Waals surface area (Å²) >= 11 is 5.77. The lowest BCUT2D eigenvalue weighted by Gasteiger charge is -2.27. The Labute approximate surface area is 130 Å². The number of hydrogen-bond donors (Lipinski definition) is 1. The molecule has 0 aliphatic heterocycles. The summed E-state index contributed by atoms with van der Waals surface area (Å²) < 4.78 is 13.7. The molecule has 2 aromatic rings. The second-order valence-corrected chi connectivity index (χ2v) is 6.10. The maximum absolute atomic E-state index is 13.7. The number of hydrogen-bond acceptors (Lipinski definition) is 1. The molecule has 2 aromatic carbocycles. The standard InChI is InChI=1S/C18H19ClFN/c1-21-18(15-8-9-16(19)17(20)11-15)14-7-3-6-13(10-14)12-4-2-5-12/h3,6-12,18,21H,2,4-5H2,1H3. The van der Waals surface area contributed by atoms with Crippen LogP contribution in [0.5, 0.6) is 0 Å². The first kappa shape index (κ1) is 14.6. The van der Waals surface area contributed by atoms with Crippen molar-refractivity contribution in [1.29, 1.82) is 0 Å². The zero-order valence-corrected chi connectivity index (χ0v) is 12.8. The van der Waals surface area contributed by atoms with Crippen LogP contribution < -0.4 is 5.32 Å². The van der Waals surface area contributed by atoms with E-state index in [2.05, 4.69) is 29.6 Å². The van der Waals surface area contributed by atoms with Gasteiger partial charge in [0.15, 0.2) is 0 Å². The Balaban J connectivity index is 1.93. The highest BCUT2D eigenvalue weighted by Gasteiger charge is 2.21. The van der Waals surface area contributed by atoms with Crippen LogP contribution in [0.25, 0.3) is 0 Å². The van der Waals surface area contributed by atoms with E-state index in [1.165, 1.54) is 36.5 Å². The van der Waals surface area contributed by atoms with E-state index in [4.69, 9.17) is 11.6 Å². The Morgan fingerprint density at radius 3 is 2.52 bits per heavy atom. The smallest absolute Gasteiger partial charge is 0.142 e. The molecule has 1 aliphatic rings. The lowest BCUT2D eigenvalue weighted by Crippen LogP contribution is -2.18. The first-order chi connectivity index (χ1) is 10.2. The fourth-order valence-electron chi connectivity index (χ4n) is 2.95. The average Bonchev–Trinajstić information content (AvgIpc) is 2.42. The second kappa shape index (κ2) is 6.17. The molecule has 1 fully saturated rings. The van der Waals surface area contributed by atoms with E-state index in [0.29, 0.717) is 5.92 Å². The maximum atomic E-state index is 13.7. The molecule has 1 aliphatic carbocycles. The molecular formula is C18H19ClFN. The predicted molar refractivity (Wildman–Crippen MR) is 85.3 cm³/mol. The van der Waals surface area contributed by atoms with Gasteiger partial charge in [-0.3, -0.25) is 0 Å². The Morgan fingerprint density at radius 2 is 1.90 bits per heavy atom. The van der Waals surface area contributed by atoms with Gasteiger partial charge in [0.05, 0.1) is 11.1 Å². The molecule has 21 heavy (non-hydrogen) atoms. The van der Waals surface area contributed by atoms with Crippen LogP contribution in [0.3, 0.4) is 0 Å². The molecule has 3 heteroatoms. The Morgan fingerprint density at radius 1 is 1.14 bits per heavy atom. The average molecular weight is 304 g/mol. The summed E-state index contributed by atoms with van der Waals surface area (Å²) in [4.78, 5) is 0. The third-order valence-electron chi connectivity index (χ3n) is 4.39. The van der Waals surface area contributed by atoms with Crippen LogP contribution in [0.2, 0.25) is 5.02 Å². The second-order valence-electron chi connectivity index (χ2n) is 5.69. The highest BCUT2D eigenvalue weighted by Crippen LogP contribution is 2.37. The number of rotatable bonds is 4. The van der Waals surface area contributed by atoms with Crippen molar-refractivity contribution < 1.29 is 4.39 Å². The van der Waals surface area contributed by atoms with Gasteiger partial charge in [0, 0.05) is 0 Å². The van der Waals surface area contributed by atoms with Gasteiger partial charge in [0.1, 0.15) is 5.82 Å². The molecule has 1 atom stereocenters. The van der Waals surface area contributed by atoms with E-state index in [1.54, 1.807) is 6.07 Å². The fourth-order valence-corrected chi connectivity index (χ4v) is 3.07. The summed E-state index contributed by atoms with van der Waals surface area (Å²) in [5, 5.41) is 3.44. The number of benzene rings is 2. The quantitative estimate of drug-likeness (QED) is 0.833. The Kier molecular flexibility index (Phi) is 4.27. The minimum absolute atomic E-state index is 0.0169. The Bertz CT molecular complexity index is 637. The van der Waals surface area contributed by atoms with E-state index in [9.17, 15) is 4.39 Å². The van der Waals surface area contributed by atoms with Crippen molar-refractivity contribution in [1.82, 2.24) is 5.32 Å². The van der Waals surface area contributed by atoms with Crippen LogP contribution in [0.1, 0.15) is 47.9 Å². The van der Waals surface area contributed by atoms with E-state index in [-0.39, 0.29) is 16.9 Å². The number of nitrogens with one attached hydrogen (secondary N) is 1. The van der Waals surface area contributed by atoms with Gasteiger partial charge >= 0.3 is 0 Å². The van der Waals surface area contributed by atoms with Crippen LogP contribution in [-0.2, 0) is 0 Å². The first-order valence-corrected chi connectivity index (χ1v) is 7.79. The third kappa shape index (κ3) is 2.97.